The van der Waals surface area contributed by atoms with Crippen LogP contribution in [0, 0.1) is 12.8 Å². The molecule has 16 heavy (non-hydrogen) atoms. The molecular weight excluding hydrogens is 198 g/mol. The van der Waals surface area contributed by atoms with Gasteiger partial charge in [-0.2, -0.15) is 0 Å². The summed E-state index contributed by atoms with van der Waals surface area (Å²) in [5.74, 6) is 1.55. The third-order valence-electron chi connectivity index (χ3n) is 3.78. The molecule has 84 valence electrons. The van der Waals surface area contributed by atoms with Crippen molar-refractivity contribution in [2.24, 2.45) is 5.92 Å². The highest BCUT2D eigenvalue weighted by Gasteiger charge is 2.38. The molecule has 0 spiro atoms. The first-order valence-corrected chi connectivity index (χ1v) is 6.02. The molecule has 0 saturated carbocycles. The summed E-state index contributed by atoms with van der Waals surface area (Å²) in [6.45, 7) is 6.54. The van der Waals surface area contributed by atoms with Gasteiger partial charge in [0.25, 0.3) is 0 Å². The van der Waals surface area contributed by atoms with Crippen LogP contribution < -0.4 is 0 Å². The Morgan fingerprint density at radius 2 is 2.12 bits per heavy atom. The molecule has 1 fully saturated rings. The van der Waals surface area contributed by atoms with E-state index in [0.717, 1.165) is 12.4 Å². The van der Waals surface area contributed by atoms with Crippen molar-refractivity contribution in [3.05, 3.63) is 29.9 Å². The van der Waals surface area contributed by atoms with Crippen LogP contribution in [0.1, 0.15) is 24.7 Å². The van der Waals surface area contributed by atoms with Gasteiger partial charge >= 0.3 is 0 Å². The summed E-state index contributed by atoms with van der Waals surface area (Å²) in [6, 6.07) is 0.659. The molecule has 0 N–H and O–H groups in total. The fourth-order valence-corrected chi connectivity index (χ4v) is 2.91. The summed E-state index contributed by atoms with van der Waals surface area (Å²) in [6.07, 6.45) is 7.62. The van der Waals surface area contributed by atoms with Crippen LogP contribution in [0.5, 0.6) is 0 Å². The smallest absolute Gasteiger partial charge is 0.125 e. The number of fused-ring (bicyclic) bond motifs is 2. The number of likely N-dealkylation sites (N-methyl/N-ethyl adjacent to an activating group) is 1. The van der Waals surface area contributed by atoms with Crippen molar-refractivity contribution < 1.29 is 0 Å². The summed E-state index contributed by atoms with van der Waals surface area (Å²) in [5.41, 5.74) is 2.68. The first-order chi connectivity index (χ1) is 7.78. The van der Waals surface area contributed by atoms with Crippen LogP contribution in [0.2, 0.25) is 0 Å². The van der Waals surface area contributed by atoms with Crippen molar-refractivity contribution >= 4 is 5.57 Å². The molecule has 3 heteroatoms. The molecule has 0 amide bonds. The number of rotatable bonds is 2. The van der Waals surface area contributed by atoms with E-state index >= 15 is 0 Å². The SMILES string of the molecule is CCN1CC2CC1C=C2c1cnc(C)nc1. The van der Waals surface area contributed by atoms with Crippen molar-refractivity contribution in [3.8, 4) is 0 Å². The van der Waals surface area contributed by atoms with E-state index in [9.17, 15) is 0 Å². The highest BCUT2D eigenvalue weighted by Crippen LogP contribution is 2.41. The predicted molar refractivity (Wildman–Crippen MR) is 63.9 cm³/mol. The monoisotopic (exact) mass is 215 g/mol. The third kappa shape index (κ3) is 1.47. The Bertz CT molecular complexity index is 421. The molecule has 2 unspecified atom stereocenters. The van der Waals surface area contributed by atoms with Crippen molar-refractivity contribution in [2.75, 3.05) is 13.1 Å². The molecule has 1 aromatic heterocycles. The van der Waals surface area contributed by atoms with Gasteiger partial charge in [-0.1, -0.05) is 13.0 Å². The number of hydrogen-bond donors (Lipinski definition) is 0. The summed E-state index contributed by atoms with van der Waals surface area (Å²) in [5, 5.41) is 0. The Kier molecular flexibility index (Phi) is 2.28. The van der Waals surface area contributed by atoms with E-state index in [1.165, 1.54) is 24.1 Å². The molecule has 1 aromatic rings. The maximum atomic E-state index is 4.28. The number of aryl methyl sites for hydroxylation is 1. The van der Waals surface area contributed by atoms with Gasteiger partial charge in [-0.25, -0.2) is 9.97 Å². The fraction of sp³-hybridized carbons (Fsp3) is 0.538. The summed E-state index contributed by atoms with van der Waals surface area (Å²) in [4.78, 5) is 11.1. The van der Waals surface area contributed by atoms with Gasteiger partial charge in [-0.3, -0.25) is 4.90 Å². The standard InChI is InChI=1S/C13H17N3/c1-3-16-8-10-4-12(16)5-13(10)11-6-14-9(2)15-7-11/h5-7,10,12H,3-4,8H2,1-2H3. The van der Waals surface area contributed by atoms with Gasteiger partial charge in [0.1, 0.15) is 5.82 Å². The third-order valence-corrected chi connectivity index (χ3v) is 3.78. The average molecular weight is 215 g/mol. The van der Waals surface area contributed by atoms with Gasteiger partial charge in [0.05, 0.1) is 0 Å². The Balaban J connectivity index is 1.88. The molecule has 1 aliphatic carbocycles. The molecule has 3 rings (SSSR count). The highest BCUT2D eigenvalue weighted by atomic mass is 15.2. The van der Waals surface area contributed by atoms with E-state index in [0.29, 0.717) is 12.0 Å². The lowest BCUT2D eigenvalue weighted by Crippen LogP contribution is -2.30. The maximum absolute atomic E-state index is 4.28. The zero-order chi connectivity index (χ0) is 11.1. The lowest BCUT2D eigenvalue weighted by atomic mass is 9.97. The van der Waals surface area contributed by atoms with E-state index in [2.05, 4.69) is 27.9 Å². The van der Waals surface area contributed by atoms with E-state index in [1.807, 2.05) is 19.3 Å². The zero-order valence-corrected chi connectivity index (χ0v) is 9.85. The maximum Gasteiger partial charge on any atom is 0.125 e. The molecule has 2 bridgehead atoms. The number of aromatic nitrogens is 2. The molecule has 2 atom stereocenters. The minimum absolute atomic E-state index is 0.659. The van der Waals surface area contributed by atoms with E-state index in [1.54, 1.807) is 0 Å². The topological polar surface area (TPSA) is 29.0 Å². The first-order valence-electron chi connectivity index (χ1n) is 6.02. The van der Waals surface area contributed by atoms with Crippen molar-refractivity contribution in [2.45, 2.75) is 26.3 Å². The minimum Gasteiger partial charge on any atom is -0.297 e. The first kappa shape index (κ1) is 9.97. The second kappa shape index (κ2) is 3.67. The van der Waals surface area contributed by atoms with Gasteiger partial charge < -0.3 is 0 Å². The van der Waals surface area contributed by atoms with Crippen LogP contribution >= 0.6 is 0 Å². The molecular formula is C13H17N3. The molecule has 3 nitrogen and oxygen atoms in total. The summed E-state index contributed by atoms with van der Waals surface area (Å²) >= 11 is 0. The lowest BCUT2D eigenvalue weighted by molar-refractivity contribution is 0.297. The summed E-state index contributed by atoms with van der Waals surface area (Å²) in [7, 11) is 0. The Labute approximate surface area is 96.2 Å². The minimum atomic E-state index is 0.659. The van der Waals surface area contributed by atoms with Crippen LogP contribution in [0.15, 0.2) is 18.5 Å². The van der Waals surface area contributed by atoms with Gasteiger partial charge in [0.2, 0.25) is 0 Å². The largest absolute Gasteiger partial charge is 0.297 e. The Hall–Kier alpha value is -1.22. The van der Waals surface area contributed by atoms with Crippen LogP contribution in [0.3, 0.4) is 0 Å². The predicted octanol–water partition coefficient (Wildman–Crippen LogP) is 1.89. The van der Waals surface area contributed by atoms with Crippen LogP contribution in [0.4, 0.5) is 0 Å². The van der Waals surface area contributed by atoms with Crippen molar-refractivity contribution in [3.63, 3.8) is 0 Å². The van der Waals surface area contributed by atoms with Gasteiger partial charge in [0.15, 0.2) is 0 Å². The second-order valence-corrected chi connectivity index (χ2v) is 4.73. The van der Waals surface area contributed by atoms with Crippen molar-refractivity contribution in [1.29, 1.82) is 0 Å². The van der Waals surface area contributed by atoms with E-state index in [-0.39, 0.29) is 0 Å². The van der Waals surface area contributed by atoms with Crippen molar-refractivity contribution in [1.82, 2.24) is 14.9 Å². The molecule has 1 aliphatic heterocycles. The number of nitrogens with zero attached hydrogens (tertiary/aromatic N) is 3. The molecule has 0 radical (unpaired) electrons. The van der Waals surface area contributed by atoms with Crippen LogP contribution in [-0.4, -0.2) is 34.0 Å². The van der Waals surface area contributed by atoms with Crippen LogP contribution in [-0.2, 0) is 0 Å². The highest BCUT2D eigenvalue weighted by molar-refractivity contribution is 5.70. The molecule has 1 saturated heterocycles. The molecule has 0 aromatic carbocycles. The lowest BCUT2D eigenvalue weighted by Gasteiger charge is -2.24. The quantitative estimate of drug-likeness (QED) is 0.754. The van der Waals surface area contributed by atoms with E-state index in [4.69, 9.17) is 0 Å². The molecule has 2 aliphatic rings. The van der Waals surface area contributed by atoms with E-state index < -0.39 is 0 Å². The normalized spacial score (nSPS) is 28.5. The Morgan fingerprint density at radius 3 is 2.69 bits per heavy atom. The van der Waals surface area contributed by atoms with Gasteiger partial charge in [-0.05, 0) is 31.4 Å². The Morgan fingerprint density at radius 1 is 1.38 bits per heavy atom. The van der Waals surface area contributed by atoms with Gasteiger partial charge in [-0.15, -0.1) is 0 Å². The molecule has 2 heterocycles. The number of likely N-dealkylation sites (tertiary alicyclic amines) is 1. The number of hydrogen-bond acceptors (Lipinski definition) is 3. The fourth-order valence-electron chi connectivity index (χ4n) is 2.91. The van der Waals surface area contributed by atoms with Gasteiger partial charge in [0, 0.05) is 30.5 Å². The zero-order valence-electron chi connectivity index (χ0n) is 9.85. The summed E-state index contributed by atoms with van der Waals surface area (Å²) < 4.78 is 0. The van der Waals surface area contributed by atoms with Crippen LogP contribution in [0.25, 0.3) is 5.57 Å². The average Bonchev–Trinajstić information content (AvgIpc) is 2.88. The second-order valence-electron chi connectivity index (χ2n) is 4.73.